The summed E-state index contributed by atoms with van der Waals surface area (Å²) in [6.45, 7) is 0. The van der Waals surface area contributed by atoms with Crippen LogP contribution in [0, 0.1) is 0 Å². The summed E-state index contributed by atoms with van der Waals surface area (Å²) in [5.41, 5.74) is 2.51. The van der Waals surface area contributed by atoms with Gasteiger partial charge in [0.05, 0.1) is 29.5 Å². The molecule has 0 spiro atoms. The minimum Gasteiger partial charge on any atom is -0.477 e. The maximum Gasteiger partial charge on any atom is 0.353 e. The van der Waals surface area contributed by atoms with Crippen LogP contribution < -0.4 is 0 Å². The number of hydrogen-bond donors (Lipinski definition) is 2. The number of fused-ring (bicyclic) bond motifs is 1. The van der Waals surface area contributed by atoms with Crippen LogP contribution in [0.3, 0.4) is 0 Å². The van der Waals surface area contributed by atoms with Crippen molar-refractivity contribution in [1.29, 1.82) is 0 Å². The Balaban J connectivity index is 1.57. The van der Waals surface area contributed by atoms with E-state index < -0.39 is 5.97 Å². The number of carbonyl (C=O) groups is 2. The molecule has 1 aromatic rings. The van der Waals surface area contributed by atoms with E-state index >= 15 is 0 Å². The Morgan fingerprint density at radius 3 is 2.92 bits per heavy atom. The molecule has 3 aliphatic heterocycles. The van der Waals surface area contributed by atoms with E-state index in [1.54, 1.807) is 12.5 Å². The molecule has 2 unspecified atom stereocenters. The van der Waals surface area contributed by atoms with Crippen LogP contribution in [0.1, 0.15) is 11.9 Å². The molecule has 1 saturated heterocycles. The van der Waals surface area contributed by atoms with E-state index in [4.69, 9.17) is 5.11 Å². The first kappa shape index (κ1) is 14.9. The van der Waals surface area contributed by atoms with Crippen LogP contribution >= 0.6 is 11.8 Å². The van der Waals surface area contributed by atoms with E-state index in [-0.39, 0.29) is 23.1 Å². The fraction of sp³-hybridized carbons (Fsp3) is 0.267. The first-order chi connectivity index (χ1) is 11.5. The average Bonchev–Trinajstić information content (AvgIpc) is 3.23. The second-order valence-electron chi connectivity index (χ2n) is 5.78. The van der Waals surface area contributed by atoms with Crippen molar-refractivity contribution in [2.24, 2.45) is 0 Å². The highest BCUT2D eigenvalue weighted by Crippen LogP contribution is 2.45. The minimum atomic E-state index is -1.08. The lowest BCUT2D eigenvalue weighted by Crippen LogP contribution is -2.51. The summed E-state index contributed by atoms with van der Waals surface area (Å²) < 4.78 is 0. The average molecular weight is 345 g/mol. The number of carboxylic acids is 1. The van der Waals surface area contributed by atoms with Crippen LogP contribution in [0.25, 0.3) is 0 Å². The number of carbonyl (C=O) groups excluding carboxylic acids is 1. The van der Waals surface area contributed by atoms with Crippen LogP contribution in [0.2, 0.25) is 0 Å². The lowest BCUT2D eigenvalue weighted by atomic mass is 10.0. The standard InChI is InChI=1S/C15H15N5O3S/c1-18-5-8(19(2)12(18)10-4-16-7-17-10)3-9-13(21)20-11(15(22)23)6-24-14(9)20/h3-7,12,14H,1-2H3,(H,16,17)(H,22,23)/b9-3-. The zero-order valence-corrected chi connectivity index (χ0v) is 13.8. The molecular weight excluding hydrogens is 330 g/mol. The second-order valence-corrected chi connectivity index (χ2v) is 6.74. The van der Waals surface area contributed by atoms with Gasteiger partial charge in [0, 0.05) is 25.7 Å². The zero-order valence-electron chi connectivity index (χ0n) is 13.0. The Morgan fingerprint density at radius 2 is 2.25 bits per heavy atom. The summed E-state index contributed by atoms with van der Waals surface area (Å²) in [5.74, 6) is -1.32. The number of rotatable bonds is 3. The first-order valence-corrected chi connectivity index (χ1v) is 8.22. The van der Waals surface area contributed by atoms with Crippen molar-refractivity contribution in [2.45, 2.75) is 11.5 Å². The third-order valence-corrected chi connectivity index (χ3v) is 5.43. The highest BCUT2D eigenvalue weighted by molar-refractivity contribution is 8.03. The lowest BCUT2D eigenvalue weighted by molar-refractivity contribution is -0.141. The molecule has 9 heteroatoms. The monoisotopic (exact) mass is 345 g/mol. The molecule has 1 fully saturated rings. The number of imidazole rings is 1. The van der Waals surface area contributed by atoms with Gasteiger partial charge in [-0.15, -0.1) is 11.8 Å². The molecule has 2 atom stereocenters. The normalized spacial score (nSPS) is 27.3. The summed E-state index contributed by atoms with van der Waals surface area (Å²) in [7, 11) is 3.90. The van der Waals surface area contributed by atoms with Crippen molar-refractivity contribution >= 4 is 23.6 Å². The van der Waals surface area contributed by atoms with Gasteiger partial charge in [-0.2, -0.15) is 0 Å². The van der Waals surface area contributed by atoms with Crippen LogP contribution in [0.4, 0.5) is 0 Å². The van der Waals surface area contributed by atoms with Gasteiger partial charge < -0.3 is 19.9 Å². The van der Waals surface area contributed by atoms with Crippen LogP contribution in [-0.2, 0) is 9.59 Å². The van der Waals surface area contributed by atoms with Gasteiger partial charge >= 0.3 is 5.97 Å². The Labute approximate surface area is 142 Å². The second kappa shape index (κ2) is 5.17. The Bertz CT molecular complexity index is 813. The van der Waals surface area contributed by atoms with E-state index in [9.17, 15) is 9.59 Å². The number of carboxylic acid groups (broad SMARTS) is 1. The largest absolute Gasteiger partial charge is 0.477 e. The molecule has 0 aliphatic carbocycles. The number of aromatic amines is 1. The number of β-lactam (4-membered cyclic amide) rings is 1. The summed E-state index contributed by atoms with van der Waals surface area (Å²) in [5, 5.41) is 10.4. The molecule has 24 heavy (non-hydrogen) atoms. The van der Waals surface area contributed by atoms with E-state index in [2.05, 4.69) is 9.97 Å². The maximum absolute atomic E-state index is 12.3. The zero-order chi connectivity index (χ0) is 17.0. The fourth-order valence-electron chi connectivity index (χ4n) is 3.19. The molecule has 2 N–H and O–H groups in total. The number of thioether (sulfide) groups is 1. The Kier molecular flexibility index (Phi) is 3.20. The van der Waals surface area contributed by atoms with Crippen molar-refractivity contribution in [2.75, 3.05) is 14.1 Å². The van der Waals surface area contributed by atoms with E-state index in [1.807, 2.05) is 36.2 Å². The van der Waals surface area contributed by atoms with Gasteiger partial charge in [-0.1, -0.05) is 0 Å². The number of likely N-dealkylation sites (N-methyl/N-ethyl adjacent to an activating group) is 1. The highest BCUT2D eigenvalue weighted by atomic mass is 32.2. The molecule has 0 radical (unpaired) electrons. The molecule has 124 valence electrons. The number of H-pyrrole nitrogens is 1. The van der Waals surface area contributed by atoms with Gasteiger partial charge in [-0.25, -0.2) is 9.78 Å². The Hall–Kier alpha value is -2.68. The van der Waals surface area contributed by atoms with Gasteiger partial charge in [0.1, 0.15) is 17.2 Å². The summed E-state index contributed by atoms with van der Waals surface area (Å²) in [6, 6.07) is 0. The molecule has 0 aromatic carbocycles. The van der Waals surface area contributed by atoms with E-state index in [1.165, 1.54) is 22.1 Å². The minimum absolute atomic E-state index is 0.0189. The van der Waals surface area contributed by atoms with Gasteiger partial charge in [0.2, 0.25) is 0 Å². The summed E-state index contributed by atoms with van der Waals surface area (Å²) in [4.78, 5) is 36.0. The Morgan fingerprint density at radius 1 is 1.46 bits per heavy atom. The van der Waals surface area contributed by atoms with Crippen molar-refractivity contribution in [3.63, 3.8) is 0 Å². The number of amides is 1. The number of hydrogen-bond acceptors (Lipinski definition) is 6. The highest BCUT2D eigenvalue weighted by Gasteiger charge is 2.49. The predicted molar refractivity (Wildman–Crippen MR) is 87.0 cm³/mol. The SMILES string of the molecule is CN1C=C(/C=C2/C(=O)N3C(C(=O)O)=CSC23)N(C)C1c1cnc[nH]1. The van der Waals surface area contributed by atoms with Crippen molar-refractivity contribution < 1.29 is 14.7 Å². The van der Waals surface area contributed by atoms with Crippen molar-refractivity contribution in [1.82, 2.24) is 24.7 Å². The molecule has 1 amide bonds. The molecule has 1 aromatic heterocycles. The molecule has 3 aliphatic rings. The number of nitrogens with one attached hydrogen (secondary N) is 1. The molecule has 0 saturated carbocycles. The summed E-state index contributed by atoms with van der Waals surface area (Å²) in [6.07, 6.45) is 7.18. The van der Waals surface area contributed by atoms with Gasteiger partial charge in [0.15, 0.2) is 0 Å². The fourth-order valence-corrected chi connectivity index (χ4v) is 4.30. The molecule has 4 rings (SSSR count). The van der Waals surface area contributed by atoms with Crippen LogP contribution in [0.5, 0.6) is 0 Å². The third-order valence-electron chi connectivity index (χ3n) is 4.35. The van der Waals surface area contributed by atoms with E-state index in [0.717, 1.165) is 11.4 Å². The van der Waals surface area contributed by atoms with E-state index in [0.29, 0.717) is 5.57 Å². The predicted octanol–water partition coefficient (Wildman–Crippen LogP) is 0.894. The molecule has 4 heterocycles. The van der Waals surface area contributed by atoms with Gasteiger partial charge in [0.25, 0.3) is 5.91 Å². The van der Waals surface area contributed by atoms with Crippen LogP contribution in [-0.4, -0.2) is 61.1 Å². The third kappa shape index (κ3) is 1.97. The van der Waals surface area contributed by atoms with Gasteiger partial charge in [-0.3, -0.25) is 9.69 Å². The van der Waals surface area contributed by atoms with Gasteiger partial charge in [-0.05, 0) is 6.08 Å². The maximum atomic E-state index is 12.3. The summed E-state index contributed by atoms with van der Waals surface area (Å²) >= 11 is 1.34. The molecular formula is C15H15N5O3S. The smallest absolute Gasteiger partial charge is 0.353 e. The topological polar surface area (TPSA) is 92.8 Å². The van der Waals surface area contributed by atoms with Crippen molar-refractivity contribution in [3.8, 4) is 0 Å². The number of aliphatic carboxylic acids is 1. The molecule has 8 nitrogen and oxygen atoms in total. The number of aromatic nitrogens is 2. The van der Waals surface area contributed by atoms with Crippen molar-refractivity contribution in [3.05, 3.63) is 52.9 Å². The van der Waals surface area contributed by atoms with Crippen LogP contribution in [0.15, 0.2) is 47.2 Å². The lowest BCUT2D eigenvalue weighted by Gasteiger charge is -2.37. The number of allylic oxidation sites excluding steroid dienone is 1. The first-order valence-electron chi connectivity index (χ1n) is 7.28. The quantitative estimate of drug-likeness (QED) is 0.621. The molecule has 0 bridgehead atoms. The number of nitrogens with zero attached hydrogens (tertiary/aromatic N) is 4.